The Labute approximate surface area is 102 Å². The number of carbonyl (C=O) groups excluding carboxylic acids is 1. The number of amides is 1. The highest BCUT2D eigenvalue weighted by Crippen LogP contribution is 2.35. The molecule has 96 valence electrons. The lowest BCUT2D eigenvalue weighted by atomic mass is 10.0. The third-order valence-electron chi connectivity index (χ3n) is 2.56. The first-order chi connectivity index (χ1) is 7.52. The van der Waals surface area contributed by atoms with Crippen molar-refractivity contribution in [2.24, 2.45) is 0 Å². The third-order valence-corrected chi connectivity index (χ3v) is 2.56. The second kappa shape index (κ2) is 3.88. The molecule has 1 aliphatic rings. The number of nitrogens with zero attached hydrogens (tertiary/aromatic N) is 2. The largest absolute Gasteiger partial charge is 0.444 e. The molecular formula is C12H20N2O3. The lowest BCUT2D eigenvalue weighted by molar-refractivity contribution is -0.0648. The number of ether oxygens (including phenoxy) is 2. The number of nitriles is 1. The summed E-state index contributed by atoms with van der Waals surface area (Å²) in [5.41, 5.74) is -2.40. The van der Waals surface area contributed by atoms with E-state index < -0.39 is 23.0 Å². The van der Waals surface area contributed by atoms with Gasteiger partial charge in [0.1, 0.15) is 11.3 Å². The van der Waals surface area contributed by atoms with E-state index in [-0.39, 0.29) is 6.61 Å². The van der Waals surface area contributed by atoms with E-state index in [9.17, 15) is 10.1 Å². The second-order valence-electron chi connectivity index (χ2n) is 5.94. The molecule has 17 heavy (non-hydrogen) atoms. The van der Waals surface area contributed by atoms with Gasteiger partial charge in [-0.2, -0.15) is 5.26 Å². The van der Waals surface area contributed by atoms with E-state index in [1.807, 2.05) is 0 Å². The summed E-state index contributed by atoms with van der Waals surface area (Å²) in [6.07, 6.45) is -0.524. The van der Waals surface area contributed by atoms with Crippen LogP contribution in [-0.4, -0.2) is 34.5 Å². The van der Waals surface area contributed by atoms with Crippen LogP contribution in [0.5, 0.6) is 0 Å². The summed E-state index contributed by atoms with van der Waals surface area (Å²) in [6, 6.07) is 2.11. The number of hydrogen-bond acceptors (Lipinski definition) is 4. The lowest BCUT2D eigenvalue weighted by Crippen LogP contribution is -2.54. The minimum absolute atomic E-state index is 0.190. The smallest absolute Gasteiger partial charge is 0.413 e. The zero-order chi connectivity index (χ0) is 13.5. The van der Waals surface area contributed by atoms with Crippen LogP contribution in [0.15, 0.2) is 0 Å². The Bertz CT molecular complexity index is 365. The number of carbonyl (C=O) groups is 1. The first-order valence-corrected chi connectivity index (χ1v) is 5.60. The Hall–Kier alpha value is -1.28. The summed E-state index contributed by atoms with van der Waals surface area (Å²) in [7, 11) is 0. The van der Waals surface area contributed by atoms with Gasteiger partial charge in [0.05, 0.1) is 12.7 Å². The molecule has 1 fully saturated rings. The van der Waals surface area contributed by atoms with Crippen molar-refractivity contribution < 1.29 is 14.3 Å². The highest BCUT2D eigenvalue weighted by atomic mass is 16.6. The average Bonchev–Trinajstić information content (AvgIpc) is 2.35. The van der Waals surface area contributed by atoms with Crippen molar-refractivity contribution in [1.82, 2.24) is 4.90 Å². The molecule has 0 aromatic heterocycles. The average molecular weight is 240 g/mol. The van der Waals surface area contributed by atoms with Gasteiger partial charge < -0.3 is 9.47 Å². The molecule has 5 heteroatoms. The molecule has 0 bridgehead atoms. The maximum Gasteiger partial charge on any atom is 0.413 e. The molecule has 0 saturated carbocycles. The summed E-state index contributed by atoms with van der Waals surface area (Å²) in [5.74, 6) is 0. The molecule has 1 saturated heterocycles. The minimum Gasteiger partial charge on any atom is -0.444 e. The molecule has 0 radical (unpaired) electrons. The molecule has 0 N–H and O–H groups in total. The van der Waals surface area contributed by atoms with Gasteiger partial charge in [0.25, 0.3) is 0 Å². The standard InChI is InChI=1S/C12H20N2O3/c1-10(2,3)17-9(15)14-11(4,5)16-8-12(14,6)7-13/h8H2,1-6H3/t12-/m0/s1. The summed E-state index contributed by atoms with van der Waals surface area (Å²) in [4.78, 5) is 13.5. The van der Waals surface area contributed by atoms with Crippen LogP contribution in [0.3, 0.4) is 0 Å². The molecule has 1 rings (SSSR count). The summed E-state index contributed by atoms with van der Waals surface area (Å²) < 4.78 is 10.8. The topological polar surface area (TPSA) is 62.6 Å². The first kappa shape index (κ1) is 13.8. The van der Waals surface area contributed by atoms with Gasteiger partial charge in [-0.1, -0.05) is 0 Å². The van der Waals surface area contributed by atoms with Gasteiger partial charge in [0.2, 0.25) is 0 Å². The van der Waals surface area contributed by atoms with E-state index in [2.05, 4.69) is 6.07 Å². The lowest BCUT2D eigenvalue weighted by Gasteiger charge is -2.36. The molecular weight excluding hydrogens is 220 g/mol. The molecule has 0 aromatic carbocycles. The van der Waals surface area contributed by atoms with Gasteiger partial charge in [-0.05, 0) is 41.5 Å². The van der Waals surface area contributed by atoms with Crippen LogP contribution in [-0.2, 0) is 9.47 Å². The van der Waals surface area contributed by atoms with Crippen LogP contribution >= 0.6 is 0 Å². The van der Waals surface area contributed by atoms with Gasteiger partial charge in [-0.3, -0.25) is 4.90 Å². The molecule has 1 heterocycles. The Balaban J connectivity index is 3.00. The van der Waals surface area contributed by atoms with E-state index in [1.165, 1.54) is 4.90 Å². The molecule has 0 spiro atoms. The monoisotopic (exact) mass is 240 g/mol. The van der Waals surface area contributed by atoms with Crippen molar-refractivity contribution in [3.63, 3.8) is 0 Å². The van der Waals surface area contributed by atoms with Gasteiger partial charge in [-0.15, -0.1) is 0 Å². The fraction of sp³-hybridized carbons (Fsp3) is 0.833. The van der Waals surface area contributed by atoms with Crippen LogP contribution in [0, 0.1) is 11.3 Å². The van der Waals surface area contributed by atoms with Gasteiger partial charge in [0, 0.05) is 0 Å². The molecule has 1 aliphatic heterocycles. The summed E-state index contributed by atoms with van der Waals surface area (Å²) >= 11 is 0. The Morgan fingerprint density at radius 2 is 1.94 bits per heavy atom. The van der Waals surface area contributed by atoms with Crippen molar-refractivity contribution in [3.05, 3.63) is 0 Å². The van der Waals surface area contributed by atoms with Crippen LogP contribution in [0.4, 0.5) is 4.79 Å². The summed E-state index contributed by atoms with van der Waals surface area (Å²) in [5, 5.41) is 9.20. The first-order valence-electron chi connectivity index (χ1n) is 5.60. The van der Waals surface area contributed by atoms with E-state index in [0.29, 0.717) is 0 Å². The van der Waals surface area contributed by atoms with Crippen molar-refractivity contribution >= 4 is 6.09 Å². The van der Waals surface area contributed by atoms with Crippen molar-refractivity contribution in [1.29, 1.82) is 5.26 Å². The SMILES string of the molecule is CC(C)(C)OC(=O)N1C(C)(C)OC[C@]1(C)C#N. The fourth-order valence-electron chi connectivity index (χ4n) is 1.85. The van der Waals surface area contributed by atoms with Crippen LogP contribution in [0.2, 0.25) is 0 Å². The second-order valence-corrected chi connectivity index (χ2v) is 5.94. The van der Waals surface area contributed by atoms with E-state index in [0.717, 1.165) is 0 Å². The Morgan fingerprint density at radius 3 is 2.35 bits per heavy atom. The van der Waals surface area contributed by atoms with Crippen molar-refractivity contribution in [2.45, 2.75) is 58.4 Å². The quantitative estimate of drug-likeness (QED) is 0.651. The van der Waals surface area contributed by atoms with Gasteiger partial charge in [0.15, 0.2) is 5.54 Å². The zero-order valence-corrected chi connectivity index (χ0v) is 11.3. The maximum atomic E-state index is 12.1. The predicted octanol–water partition coefficient (Wildman–Crippen LogP) is 2.27. The predicted molar refractivity (Wildman–Crippen MR) is 62.1 cm³/mol. The van der Waals surface area contributed by atoms with E-state index in [1.54, 1.807) is 41.5 Å². The molecule has 0 aliphatic carbocycles. The van der Waals surface area contributed by atoms with Crippen LogP contribution < -0.4 is 0 Å². The highest BCUT2D eigenvalue weighted by Gasteiger charge is 2.53. The summed E-state index contributed by atoms with van der Waals surface area (Å²) in [6.45, 7) is 10.7. The van der Waals surface area contributed by atoms with Crippen molar-refractivity contribution in [2.75, 3.05) is 6.61 Å². The third kappa shape index (κ3) is 2.70. The number of hydrogen-bond donors (Lipinski definition) is 0. The highest BCUT2D eigenvalue weighted by molar-refractivity contribution is 5.71. The Morgan fingerprint density at radius 1 is 1.41 bits per heavy atom. The van der Waals surface area contributed by atoms with Gasteiger partial charge in [-0.25, -0.2) is 4.79 Å². The van der Waals surface area contributed by atoms with E-state index >= 15 is 0 Å². The fourth-order valence-corrected chi connectivity index (χ4v) is 1.85. The van der Waals surface area contributed by atoms with Crippen molar-refractivity contribution in [3.8, 4) is 6.07 Å². The zero-order valence-electron chi connectivity index (χ0n) is 11.3. The molecule has 5 nitrogen and oxygen atoms in total. The van der Waals surface area contributed by atoms with E-state index in [4.69, 9.17) is 9.47 Å². The maximum absolute atomic E-state index is 12.1. The molecule has 0 aromatic rings. The van der Waals surface area contributed by atoms with Gasteiger partial charge >= 0.3 is 6.09 Å². The molecule has 1 atom stereocenters. The normalized spacial score (nSPS) is 27.7. The number of rotatable bonds is 0. The Kier molecular flexibility index (Phi) is 3.15. The van der Waals surface area contributed by atoms with Crippen LogP contribution in [0.25, 0.3) is 0 Å². The molecule has 1 amide bonds. The molecule has 0 unspecified atom stereocenters. The minimum atomic E-state index is -0.980. The van der Waals surface area contributed by atoms with Crippen LogP contribution in [0.1, 0.15) is 41.5 Å².